The van der Waals surface area contributed by atoms with Gasteiger partial charge in [-0.1, -0.05) is 5.16 Å². The zero-order chi connectivity index (χ0) is 11.8. The molecule has 0 radical (unpaired) electrons. The highest BCUT2D eigenvalue weighted by Gasteiger charge is 2.12. The van der Waals surface area contributed by atoms with Gasteiger partial charge in [-0.3, -0.25) is 4.98 Å². The van der Waals surface area contributed by atoms with Crippen molar-refractivity contribution in [2.45, 2.75) is 0 Å². The summed E-state index contributed by atoms with van der Waals surface area (Å²) in [5.41, 5.74) is 15.0. The molecule has 4 N–H and O–H groups in total. The molecule has 84 valence electrons. The maximum atomic E-state index is 5.89. The largest absolute Gasteiger partial charge is 0.399 e. The van der Waals surface area contributed by atoms with Gasteiger partial charge in [0.15, 0.2) is 5.58 Å². The summed E-state index contributed by atoms with van der Waals surface area (Å²) in [6.45, 7) is 0. The Labute approximate surface area is 97.0 Å². The van der Waals surface area contributed by atoms with Crippen LogP contribution in [-0.4, -0.2) is 10.1 Å². The van der Waals surface area contributed by atoms with E-state index in [0.717, 1.165) is 10.9 Å². The van der Waals surface area contributed by atoms with E-state index >= 15 is 0 Å². The van der Waals surface area contributed by atoms with Gasteiger partial charge in [-0.15, -0.1) is 0 Å². The predicted molar refractivity (Wildman–Crippen MR) is 66.1 cm³/mol. The molecule has 0 fully saturated rings. The minimum Gasteiger partial charge on any atom is -0.399 e. The van der Waals surface area contributed by atoms with Crippen molar-refractivity contribution in [1.82, 2.24) is 10.1 Å². The fourth-order valence-electron chi connectivity index (χ4n) is 1.75. The lowest BCUT2D eigenvalue weighted by molar-refractivity contribution is 0.459. The second-order valence-corrected chi connectivity index (χ2v) is 3.75. The molecule has 1 aromatic carbocycles. The van der Waals surface area contributed by atoms with Gasteiger partial charge < -0.3 is 16.0 Å². The molecule has 0 aliphatic rings. The molecule has 0 spiro atoms. The maximum Gasteiger partial charge on any atom is 0.167 e. The molecule has 0 atom stereocenters. The third-order valence-corrected chi connectivity index (χ3v) is 2.60. The van der Waals surface area contributed by atoms with Crippen molar-refractivity contribution in [3.63, 3.8) is 0 Å². The molecule has 0 saturated heterocycles. The van der Waals surface area contributed by atoms with E-state index in [9.17, 15) is 0 Å². The van der Waals surface area contributed by atoms with Crippen LogP contribution in [0.2, 0.25) is 0 Å². The Kier molecular flexibility index (Phi) is 1.98. The fraction of sp³-hybridized carbons (Fsp3) is 0. The second-order valence-electron chi connectivity index (χ2n) is 3.75. The number of rotatable bonds is 1. The van der Waals surface area contributed by atoms with Crippen molar-refractivity contribution in [2.75, 3.05) is 11.5 Å². The van der Waals surface area contributed by atoms with Crippen molar-refractivity contribution < 1.29 is 4.52 Å². The third kappa shape index (κ3) is 1.48. The third-order valence-electron chi connectivity index (χ3n) is 2.60. The van der Waals surface area contributed by atoms with Crippen LogP contribution >= 0.6 is 0 Å². The molecular formula is C12H10N4O. The van der Waals surface area contributed by atoms with Crippen LogP contribution in [0.1, 0.15) is 0 Å². The molecule has 2 aromatic heterocycles. The molecule has 0 unspecified atom stereocenters. The van der Waals surface area contributed by atoms with Gasteiger partial charge in [0.2, 0.25) is 0 Å². The van der Waals surface area contributed by atoms with E-state index in [0.29, 0.717) is 22.7 Å². The van der Waals surface area contributed by atoms with E-state index in [1.165, 1.54) is 0 Å². The van der Waals surface area contributed by atoms with Crippen molar-refractivity contribution in [1.29, 1.82) is 0 Å². The van der Waals surface area contributed by atoms with E-state index in [2.05, 4.69) is 10.1 Å². The Hall–Kier alpha value is -2.56. The summed E-state index contributed by atoms with van der Waals surface area (Å²) < 4.78 is 5.22. The summed E-state index contributed by atoms with van der Waals surface area (Å²) in [6, 6.07) is 7.09. The van der Waals surface area contributed by atoms with Gasteiger partial charge in [0.1, 0.15) is 5.69 Å². The monoisotopic (exact) mass is 226 g/mol. The summed E-state index contributed by atoms with van der Waals surface area (Å²) in [6.07, 6.45) is 3.30. The number of nitrogen functional groups attached to an aromatic ring is 2. The first-order valence-electron chi connectivity index (χ1n) is 5.10. The van der Waals surface area contributed by atoms with Gasteiger partial charge in [-0.25, -0.2) is 0 Å². The lowest BCUT2D eigenvalue weighted by Gasteiger charge is -2.00. The quantitative estimate of drug-likeness (QED) is 0.619. The van der Waals surface area contributed by atoms with Crippen LogP contribution in [0.3, 0.4) is 0 Å². The number of benzene rings is 1. The fourth-order valence-corrected chi connectivity index (χ4v) is 1.75. The highest BCUT2D eigenvalue weighted by Crippen LogP contribution is 2.31. The van der Waals surface area contributed by atoms with Gasteiger partial charge in [0.25, 0.3) is 0 Å². The topological polar surface area (TPSA) is 91.0 Å². The van der Waals surface area contributed by atoms with Crippen LogP contribution in [0, 0.1) is 0 Å². The number of anilines is 2. The molecule has 0 amide bonds. The van der Waals surface area contributed by atoms with Gasteiger partial charge in [-0.2, -0.15) is 0 Å². The Balaban J connectivity index is 2.31. The Morgan fingerprint density at radius 2 is 2.00 bits per heavy atom. The van der Waals surface area contributed by atoms with Crippen LogP contribution < -0.4 is 11.5 Å². The smallest absolute Gasteiger partial charge is 0.167 e. The molecule has 0 aliphatic carbocycles. The second kappa shape index (κ2) is 3.48. The number of nitrogens with zero attached hydrogens (tertiary/aromatic N) is 2. The maximum absolute atomic E-state index is 5.89. The summed E-state index contributed by atoms with van der Waals surface area (Å²) in [4.78, 5) is 4.04. The van der Waals surface area contributed by atoms with Crippen LogP contribution in [0.5, 0.6) is 0 Å². The van der Waals surface area contributed by atoms with Crippen molar-refractivity contribution in [3.8, 4) is 11.3 Å². The number of hydrogen-bond donors (Lipinski definition) is 2. The van der Waals surface area contributed by atoms with Crippen LogP contribution in [0.4, 0.5) is 11.4 Å². The van der Waals surface area contributed by atoms with E-state index < -0.39 is 0 Å². The molecule has 3 aromatic rings. The number of nitrogens with two attached hydrogens (primary N) is 2. The standard InChI is InChI=1S/C12H10N4O/c13-7-1-2-11-8(5-7)12(16-17-11)9-6-15-4-3-10(9)14/h1-6H,13H2,(H2,14,15). The molecule has 3 rings (SSSR count). The molecule has 17 heavy (non-hydrogen) atoms. The summed E-state index contributed by atoms with van der Waals surface area (Å²) in [7, 11) is 0. The Bertz CT molecular complexity index is 690. The lowest BCUT2D eigenvalue weighted by atomic mass is 10.1. The van der Waals surface area contributed by atoms with Gasteiger partial charge >= 0.3 is 0 Å². The predicted octanol–water partition coefficient (Wildman–Crippen LogP) is 2.05. The minimum absolute atomic E-state index is 0.609. The summed E-state index contributed by atoms with van der Waals surface area (Å²) >= 11 is 0. The molecule has 0 saturated carbocycles. The SMILES string of the molecule is Nc1ccc2onc(-c3cnccc3N)c2c1. The first-order valence-corrected chi connectivity index (χ1v) is 5.10. The molecule has 2 heterocycles. The molecule has 5 heteroatoms. The number of aromatic nitrogens is 2. The van der Waals surface area contributed by atoms with Gasteiger partial charge in [0, 0.05) is 29.3 Å². The first-order chi connectivity index (χ1) is 8.25. The van der Waals surface area contributed by atoms with Crippen molar-refractivity contribution >= 4 is 22.3 Å². The van der Waals surface area contributed by atoms with Gasteiger partial charge in [-0.05, 0) is 24.3 Å². The van der Waals surface area contributed by atoms with Crippen LogP contribution in [0.15, 0.2) is 41.2 Å². The van der Waals surface area contributed by atoms with Crippen LogP contribution in [0.25, 0.3) is 22.2 Å². The van der Waals surface area contributed by atoms with Gasteiger partial charge in [0.05, 0.1) is 5.39 Å². The summed E-state index contributed by atoms with van der Waals surface area (Å²) in [5.74, 6) is 0. The molecule has 0 bridgehead atoms. The minimum atomic E-state index is 0.609. The highest BCUT2D eigenvalue weighted by atomic mass is 16.5. The normalized spacial score (nSPS) is 10.8. The van der Waals surface area contributed by atoms with Crippen molar-refractivity contribution in [2.24, 2.45) is 0 Å². The first kappa shape index (κ1) is 9.65. The van der Waals surface area contributed by atoms with E-state index in [4.69, 9.17) is 16.0 Å². The summed E-state index contributed by atoms with van der Waals surface area (Å²) in [5, 5.41) is 4.85. The zero-order valence-corrected chi connectivity index (χ0v) is 8.92. The average molecular weight is 226 g/mol. The zero-order valence-electron chi connectivity index (χ0n) is 8.92. The Morgan fingerprint density at radius 1 is 1.12 bits per heavy atom. The van der Waals surface area contributed by atoms with E-state index in [-0.39, 0.29) is 0 Å². The number of hydrogen-bond acceptors (Lipinski definition) is 5. The molecule has 5 nitrogen and oxygen atoms in total. The van der Waals surface area contributed by atoms with Crippen molar-refractivity contribution in [3.05, 3.63) is 36.7 Å². The number of pyridine rings is 1. The Morgan fingerprint density at radius 3 is 2.82 bits per heavy atom. The average Bonchev–Trinajstić information content (AvgIpc) is 2.72. The number of fused-ring (bicyclic) bond motifs is 1. The molecule has 0 aliphatic heterocycles. The molecular weight excluding hydrogens is 216 g/mol. The lowest BCUT2D eigenvalue weighted by Crippen LogP contribution is -1.91. The highest BCUT2D eigenvalue weighted by molar-refractivity contribution is 5.95. The van der Waals surface area contributed by atoms with E-state index in [1.807, 2.05) is 6.07 Å². The van der Waals surface area contributed by atoms with E-state index in [1.54, 1.807) is 30.6 Å². The van der Waals surface area contributed by atoms with Crippen LogP contribution in [-0.2, 0) is 0 Å².